The Labute approximate surface area is 123 Å². The van der Waals surface area contributed by atoms with Crippen LogP contribution in [0.3, 0.4) is 0 Å². The number of carbonyl (C=O) groups excluding carboxylic acids is 2. The van der Waals surface area contributed by atoms with Crippen molar-refractivity contribution in [2.45, 2.75) is 25.8 Å². The van der Waals surface area contributed by atoms with E-state index < -0.39 is 11.9 Å². The average Bonchev–Trinajstić information content (AvgIpc) is 3.01. The normalized spacial score (nSPS) is 32.5. The van der Waals surface area contributed by atoms with Crippen LogP contribution in [0.1, 0.15) is 19.8 Å². The maximum Gasteiger partial charge on any atom is 0.320 e. The molecule has 0 saturated carbocycles. The van der Waals surface area contributed by atoms with Crippen LogP contribution in [0.25, 0.3) is 0 Å². The molecular formula is C14H21N3O4. The number of carboxylic acids is 1. The molecule has 21 heavy (non-hydrogen) atoms. The molecule has 3 saturated heterocycles. The summed E-state index contributed by atoms with van der Waals surface area (Å²) in [7, 11) is 0. The molecule has 116 valence electrons. The third kappa shape index (κ3) is 2.45. The molecule has 0 radical (unpaired) electrons. The van der Waals surface area contributed by atoms with Crippen LogP contribution < -0.4 is 0 Å². The van der Waals surface area contributed by atoms with Gasteiger partial charge in [0.2, 0.25) is 5.91 Å². The number of carbonyl (C=O) groups is 3. The van der Waals surface area contributed by atoms with Crippen molar-refractivity contribution in [1.82, 2.24) is 14.7 Å². The summed E-state index contributed by atoms with van der Waals surface area (Å²) in [5, 5.41) is 9.15. The molecule has 1 N–H and O–H groups in total. The van der Waals surface area contributed by atoms with Crippen molar-refractivity contribution >= 4 is 17.9 Å². The number of fused-ring (bicyclic) bond motifs is 1. The number of likely N-dealkylation sites (tertiary alicyclic amines) is 1. The Hall–Kier alpha value is -1.79. The molecule has 1 unspecified atom stereocenters. The Bertz CT molecular complexity index is 481. The monoisotopic (exact) mass is 295 g/mol. The van der Waals surface area contributed by atoms with Crippen molar-refractivity contribution in [3.05, 3.63) is 0 Å². The molecule has 3 aliphatic rings. The topological polar surface area (TPSA) is 81.2 Å². The van der Waals surface area contributed by atoms with E-state index in [1.165, 1.54) is 0 Å². The van der Waals surface area contributed by atoms with E-state index in [1.807, 2.05) is 11.8 Å². The van der Waals surface area contributed by atoms with Crippen LogP contribution in [0.2, 0.25) is 0 Å². The summed E-state index contributed by atoms with van der Waals surface area (Å²) in [6.07, 6.45) is 1.39. The summed E-state index contributed by atoms with van der Waals surface area (Å²) in [6.45, 7) is 4.39. The molecule has 0 aromatic rings. The Morgan fingerprint density at radius 2 is 1.90 bits per heavy atom. The lowest BCUT2D eigenvalue weighted by atomic mass is 9.99. The lowest BCUT2D eigenvalue weighted by Crippen LogP contribution is -2.56. The van der Waals surface area contributed by atoms with Gasteiger partial charge in [0.1, 0.15) is 0 Å². The highest BCUT2D eigenvalue weighted by atomic mass is 16.4. The van der Waals surface area contributed by atoms with E-state index in [4.69, 9.17) is 5.11 Å². The minimum atomic E-state index is -0.830. The zero-order valence-electron chi connectivity index (χ0n) is 12.2. The molecule has 0 bridgehead atoms. The average molecular weight is 295 g/mol. The quantitative estimate of drug-likeness (QED) is 0.742. The van der Waals surface area contributed by atoms with E-state index in [2.05, 4.69) is 0 Å². The number of aliphatic carboxylic acids is 1. The summed E-state index contributed by atoms with van der Waals surface area (Å²) >= 11 is 0. The Kier molecular flexibility index (Phi) is 3.51. The predicted octanol–water partition coefficient (Wildman–Crippen LogP) is 0.0655. The van der Waals surface area contributed by atoms with Gasteiger partial charge in [-0.25, -0.2) is 4.79 Å². The van der Waals surface area contributed by atoms with E-state index in [9.17, 15) is 14.4 Å². The fraction of sp³-hybridized carbons (Fsp3) is 0.786. The van der Waals surface area contributed by atoms with Gasteiger partial charge in [-0.1, -0.05) is 6.92 Å². The first kappa shape index (κ1) is 14.2. The fourth-order valence-electron chi connectivity index (χ4n) is 3.68. The maximum atomic E-state index is 12.5. The highest BCUT2D eigenvalue weighted by molar-refractivity contribution is 5.81. The van der Waals surface area contributed by atoms with E-state index in [1.54, 1.807) is 9.80 Å². The first-order valence-corrected chi connectivity index (χ1v) is 7.53. The number of urea groups is 1. The van der Waals surface area contributed by atoms with Gasteiger partial charge in [0.15, 0.2) is 0 Å². The number of rotatable bonds is 1. The number of carboxylic acid groups (broad SMARTS) is 1. The van der Waals surface area contributed by atoms with Gasteiger partial charge in [-0.2, -0.15) is 0 Å². The van der Waals surface area contributed by atoms with Crippen LogP contribution in [0, 0.1) is 11.8 Å². The highest BCUT2D eigenvalue weighted by Gasteiger charge is 2.41. The highest BCUT2D eigenvalue weighted by Crippen LogP contribution is 2.27. The Morgan fingerprint density at radius 3 is 2.57 bits per heavy atom. The molecule has 0 spiro atoms. The van der Waals surface area contributed by atoms with Crippen molar-refractivity contribution in [2.75, 3.05) is 32.7 Å². The molecule has 3 aliphatic heterocycles. The van der Waals surface area contributed by atoms with Gasteiger partial charge in [-0.05, 0) is 12.3 Å². The van der Waals surface area contributed by atoms with Crippen molar-refractivity contribution in [3.8, 4) is 0 Å². The number of piperazine rings is 1. The molecule has 3 heterocycles. The minimum Gasteiger partial charge on any atom is -0.481 e. The number of nitrogens with zero attached hydrogens (tertiary/aromatic N) is 3. The van der Waals surface area contributed by atoms with Crippen molar-refractivity contribution < 1.29 is 19.5 Å². The van der Waals surface area contributed by atoms with E-state index in [-0.39, 0.29) is 23.9 Å². The fourth-order valence-corrected chi connectivity index (χ4v) is 3.68. The lowest BCUT2D eigenvalue weighted by Gasteiger charge is -2.39. The number of amides is 3. The lowest BCUT2D eigenvalue weighted by molar-refractivity contribution is -0.142. The van der Waals surface area contributed by atoms with E-state index >= 15 is 0 Å². The minimum absolute atomic E-state index is 0.0132. The predicted molar refractivity (Wildman–Crippen MR) is 73.6 cm³/mol. The first-order valence-electron chi connectivity index (χ1n) is 7.53. The second kappa shape index (κ2) is 5.20. The van der Waals surface area contributed by atoms with Crippen LogP contribution in [0.5, 0.6) is 0 Å². The first-order chi connectivity index (χ1) is 9.97. The second-order valence-electron chi connectivity index (χ2n) is 6.34. The van der Waals surface area contributed by atoms with E-state index in [0.717, 1.165) is 6.42 Å². The molecule has 0 aliphatic carbocycles. The third-order valence-corrected chi connectivity index (χ3v) is 4.97. The van der Waals surface area contributed by atoms with Gasteiger partial charge in [-0.15, -0.1) is 0 Å². The molecule has 7 heteroatoms. The molecule has 7 nitrogen and oxygen atoms in total. The van der Waals surface area contributed by atoms with Gasteiger partial charge in [-0.3, -0.25) is 9.59 Å². The van der Waals surface area contributed by atoms with Crippen LogP contribution in [0.4, 0.5) is 4.79 Å². The summed E-state index contributed by atoms with van der Waals surface area (Å²) < 4.78 is 0. The molecule has 0 aromatic carbocycles. The Morgan fingerprint density at radius 1 is 1.14 bits per heavy atom. The van der Waals surface area contributed by atoms with Gasteiger partial charge in [0.05, 0.1) is 5.92 Å². The van der Waals surface area contributed by atoms with E-state index in [0.29, 0.717) is 39.1 Å². The van der Waals surface area contributed by atoms with Crippen LogP contribution >= 0.6 is 0 Å². The molecule has 3 atom stereocenters. The van der Waals surface area contributed by atoms with Crippen LogP contribution in [0.15, 0.2) is 0 Å². The SMILES string of the molecule is C[C@@H]1CN(C(=O)N2CCN3C(=O)CCC3C2)C[C@H]1C(=O)O. The van der Waals surface area contributed by atoms with Crippen molar-refractivity contribution in [1.29, 1.82) is 0 Å². The van der Waals surface area contributed by atoms with Crippen LogP contribution in [-0.4, -0.2) is 76.5 Å². The van der Waals surface area contributed by atoms with Crippen molar-refractivity contribution in [3.63, 3.8) is 0 Å². The van der Waals surface area contributed by atoms with Crippen molar-refractivity contribution in [2.24, 2.45) is 11.8 Å². The van der Waals surface area contributed by atoms with Gasteiger partial charge in [0.25, 0.3) is 0 Å². The standard InChI is InChI=1S/C14H21N3O4/c1-9-6-16(8-11(9)13(19)20)14(21)15-4-5-17-10(7-15)2-3-12(17)18/h9-11H,2-8H2,1H3,(H,19,20)/t9-,10?,11-/m1/s1. The zero-order valence-corrected chi connectivity index (χ0v) is 12.2. The Balaban J connectivity index is 1.62. The van der Waals surface area contributed by atoms with Crippen LogP contribution in [-0.2, 0) is 9.59 Å². The summed E-state index contributed by atoms with van der Waals surface area (Å²) in [5.74, 6) is -1.12. The molecule has 3 rings (SSSR count). The molecule has 0 aromatic heterocycles. The number of hydrogen-bond donors (Lipinski definition) is 1. The largest absolute Gasteiger partial charge is 0.481 e. The van der Waals surface area contributed by atoms with Gasteiger partial charge in [0, 0.05) is 45.2 Å². The summed E-state index contributed by atoms with van der Waals surface area (Å²) in [5.41, 5.74) is 0. The van der Waals surface area contributed by atoms with Gasteiger partial charge >= 0.3 is 12.0 Å². The summed E-state index contributed by atoms with van der Waals surface area (Å²) in [6, 6.07) is 0.0649. The third-order valence-electron chi connectivity index (χ3n) is 4.97. The molecule has 3 fully saturated rings. The second-order valence-corrected chi connectivity index (χ2v) is 6.34. The smallest absolute Gasteiger partial charge is 0.320 e. The summed E-state index contributed by atoms with van der Waals surface area (Å²) in [4.78, 5) is 40.6. The van der Waals surface area contributed by atoms with Gasteiger partial charge < -0.3 is 19.8 Å². The number of hydrogen-bond acceptors (Lipinski definition) is 3. The maximum absolute atomic E-state index is 12.5. The molecular weight excluding hydrogens is 274 g/mol. The molecule has 3 amide bonds. The zero-order chi connectivity index (χ0) is 15.1.